The second-order valence-electron chi connectivity index (χ2n) is 7.75. The molecular formula is C17H14B3ClFN2O9P. The Kier molecular flexibility index (Phi) is 6.01. The zero-order valence-corrected chi connectivity index (χ0v) is 19.0. The number of alkyl halides is 1. The molecule has 1 fully saturated rings. The molecule has 5 atom stereocenters. The predicted molar refractivity (Wildman–Crippen MR) is 117 cm³/mol. The number of ether oxygens (including phenoxy) is 1. The topological polar surface area (TPSA) is 149 Å². The highest BCUT2D eigenvalue weighted by molar-refractivity contribution is 7.49. The van der Waals surface area contributed by atoms with Gasteiger partial charge in [-0.1, -0.05) is 29.8 Å². The van der Waals surface area contributed by atoms with Gasteiger partial charge in [0.2, 0.25) is 0 Å². The lowest BCUT2D eigenvalue weighted by molar-refractivity contribution is -0.240. The van der Waals surface area contributed by atoms with Gasteiger partial charge < -0.3 is 19.5 Å². The lowest BCUT2D eigenvalue weighted by Crippen LogP contribution is -2.60. The summed E-state index contributed by atoms with van der Waals surface area (Å²) < 4.78 is 49.6. The third kappa shape index (κ3) is 3.79. The summed E-state index contributed by atoms with van der Waals surface area (Å²) in [6.07, 6.45) is -4.46. The highest BCUT2D eigenvalue weighted by Gasteiger charge is 2.69. The molecule has 174 valence electrons. The molecule has 0 amide bonds. The number of aliphatic hydroxyl groups excluding tert-OH is 2. The Bertz CT molecular complexity index is 1330. The van der Waals surface area contributed by atoms with Gasteiger partial charge in [-0.15, -0.1) is 0 Å². The van der Waals surface area contributed by atoms with Crippen LogP contribution in [0.5, 0.6) is 5.75 Å². The molecular weight excluding hydrogens is 494 g/mol. The quantitative estimate of drug-likeness (QED) is 0.364. The largest absolute Gasteiger partial charge is 0.529 e. The van der Waals surface area contributed by atoms with Crippen LogP contribution in [0.2, 0.25) is 5.02 Å². The van der Waals surface area contributed by atoms with Crippen LogP contribution in [-0.4, -0.2) is 66.8 Å². The molecule has 34 heavy (non-hydrogen) atoms. The third-order valence-electron chi connectivity index (χ3n) is 5.36. The van der Waals surface area contributed by atoms with Crippen LogP contribution in [0.4, 0.5) is 4.39 Å². The molecule has 0 aliphatic carbocycles. The molecule has 1 aromatic heterocycles. The maximum absolute atomic E-state index is 16.0. The van der Waals surface area contributed by atoms with E-state index in [0.29, 0.717) is 21.9 Å². The van der Waals surface area contributed by atoms with Crippen LogP contribution in [0.25, 0.3) is 0 Å². The number of hydrogen-bond acceptors (Lipinski definition) is 9. The number of aromatic nitrogens is 2. The van der Waals surface area contributed by atoms with Gasteiger partial charge in [-0.2, -0.15) is 0 Å². The van der Waals surface area contributed by atoms with E-state index >= 15 is 4.39 Å². The molecule has 1 aromatic carbocycles. The van der Waals surface area contributed by atoms with Crippen LogP contribution in [0, 0.1) is 6.92 Å². The van der Waals surface area contributed by atoms with Crippen LogP contribution in [0.3, 0.4) is 0 Å². The fraction of sp³-hybridized carbons (Fsp3) is 0.412. The monoisotopic (exact) mass is 508 g/mol. The second kappa shape index (κ2) is 8.09. The molecule has 0 spiro atoms. The molecule has 4 rings (SSSR count). The van der Waals surface area contributed by atoms with Gasteiger partial charge in [0.1, 0.15) is 52.1 Å². The predicted octanol–water partition coefficient (Wildman–Crippen LogP) is -0.580. The first kappa shape index (κ1) is 25.2. The molecule has 2 aromatic rings. The zero-order chi connectivity index (χ0) is 25.3. The van der Waals surface area contributed by atoms with E-state index in [-0.39, 0.29) is 12.4 Å². The molecule has 2 aliphatic heterocycles. The number of hydrogen-bond donors (Lipinski definition) is 3. The Balaban J connectivity index is 1.69. The fourth-order valence-electron chi connectivity index (χ4n) is 3.53. The van der Waals surface area contributed by atoms with E-state index in [4.69, 9.17) is 53.4 Å². The average Bonchev–Trinajstić information content (AvgIpc) is 2.93. The van der Waals surface area contributed by atoms with Gasteiger partial charge in [-0.05, 0) is 12.5 Å². The third-order valence-corrected chi connectivity index (χ3v) is 7.01. The minimum Gasteiger partial charge on any atom is -0.403 e. The van der Waals surface area contributed by atoms with E-state index in [9.17, 15) is 24.4 Å². The Morgan fingerprint density at radius 2 is 2.03 bits per heavy atom. The van der Waals surface area contributed by atoms with Crippen molar-refractivity contribution in [1.82, 2.24) is 9.55 Å². The lowest BCUT2D eigenvalue weighted by atomic mass is 9.59. The standard InChI is InChI=1S/C17H14B3ClFN2O9P/c1-7-3-2-4-8-6-30-34(29,31-10(7)8)33-17(19,20)15(22)11(25)12(26)16(18,32-15)24-5-9(21)13(27)23-14(24)28/h2-5,11-12,25-26H,6H2,1H3,(H,23,27,28)/t11-,12+,15-,16-,34?/m0/s1. The van der Waals surface area contributed by atoms with Crippen LogP contribution in [0.1, 0.15) is 11.1 Å². The minimum absolute atomic E-state index is 0.122. The number of rotatable bonds is 4. The SMILES string of the molecule is [B]C([B])(OP1(=O)OCc2cccc(C)c2O1)[C@@]1(F)O[C@@]([B])(n2cc(Cl)c(=O)[nH]c2=O)[C@H](O)[C@@H]1O. The Morgan fingerprint density at radius 1 is 1.35 bits per heavy atom. The van der Waals surface area contributed by atoms with Gasteiger partial charge in [0, 0.05) is 11.8 Å². The first-order chi connectivity index (χ1) is 15.6. The van der Waals surface area contributed by atoms with Gasteiger partial charge in [0.25, 0.3) is 11.4 Å². The van der Waals surface area contributed by atoms with Crippen molar-refractivity contribution in [2.24, 2.45) is 0 Å². The van der Waals surface area contributed by atoms with Crippen molar-refractivity contribution >= 4 is 43.0 Å². The maximum atomic E-state index is 16.0. The normalized spacial score (nSPS) is 33.3. The van der Waals surface area contributed by atoms with Gasteiger partial charge in [-0.25, -0.2) is 13.8 Å². The molecule has 17 heteroatoms. The number of benzene rings is 1. The number of nitrogens with one attached hydrogen (secondary N) is 1. The number of aliphatic hydroxyl groups is 2. The first-order valence-corrected chi connectivity index (χ1v) is 11.3. The summed E-state index contributed by atoms with van der Waals surface area (Å²) in [5.74, 6) is -3.68. The number of phosphoric ester groups is 1. The molecule has 0 saturated carbocycles. The summed E-state index contributed by atoms with van der Waals surface area (Å²) in [7, 11) is 12.6. The molecule has 1 saturated heterocycles. The summed E-state index contributed by atoms with van der Waals surface area (Å²) in [5, 5.41) is 17.0. The van der Waals surface area contributed by atoms with Crippen molar-refractivity contribution in [2.75, 3.05) is 0 Å². The number of H-pyrrole nitrogens is 1. The fourth-order valence-corrected chi connectivity index (χ4v) is 5.10. The van der Waals surface area contributed by atoms with E-state index in [1.807, 2.05) is 0 Å². The summed E-state index contributed by atoms with van der Waals surface area (Å²) >= 11 is 5.68. The summed E-state index contributed by atoms with van der Waals surface area (Å²) in [6, 6.07) is 4.95. The van der Waals surface area contributed by atoms with Crippen molar-refractivity contribution < 1.29 is 37.5 Å². The highest BCUT2D eigenvalue weighted by Crippen LogP contribution is 2.59. The number of para-hydroxylation sites is 1. The molecule has 1 unspecified atom stereocenters. The molecule has 6 radical (unpaired) electrons. The Labute approximate surface area is 200 Å². The zero-order valence-electron chi connectivity index (χ0n) is 17.3. The van der Waals surface area contributed by atoms with Crippen molar-refractivity contribution in [2.45, 2.75) is 42.6 Å². The van der Waals surface area contributed by atoms with Crippen LogP contribution < -0.4 is 15.8 Å². The van der Waals surface area contributed by atoms with Crippen molar-refractivity contribution in [1.29, 1.82) is 0 Å². The van der Waals surface area contributed by atoms with E-state index in [0.717, 1.165) is 0 Å². The molecule has 3 N–H and O–H groups in total. The summed E-state index contributed by atoms with van der Waals surface area (Å²) in [4.78, 5) is 25.5. The number of aryl methyl sites for hydroxylation is 1. The minimum atomic E-state index is -4.71. The van der Waals surface area contributed by atoms with Gasteiger partial charge in [0.15, 0.2) is 0 Å². The van der Waals surface area contributed by atoms with Crippen molar-refractivity contribution in [3.05, 3.63) is 61.4 Å². The lowest BCUT2D eigenvalue weighted by Gasteiger charge is -2.42. The van der Waals surface area contributed by atoms with Crippen LogP contribution in [0.15, 0.2) is 34.0 Å². The van der Waals surface area contributed by atoms with E-state index in [1.54, 1.807) is 30.1 Å². The van der Waals surface area contributed by atoms with Gasteiger partial charge in [-0.3, -0.25) is 23.4 Å². The van der Waals surface area contributed by atoms with Gasteiger partial charge in [0.05, 0.1) is 12.0 Å². The smallest absolute Gasteiger partial charge is 0.403 e. The number of aromatic amines is 1. The number of halogens is 2. The first-order valence-electron chi connectivity index (χ1n) is 9.51. The van der Waals surface area contributed by atoms with Crippen molar-refractivity contribution in [3.8, 4) is 5.75 Å². The highest BCUT2D eigenvalue weighted by atomic mass is 35.5. The molecule has 3 heterocycles. The molecule has 2 aliphatic rings. The van der Waals surface area contributed by atoms with Crippen LogP contribution >= 0.6 is 19.4 Å². The van der Waals surface area contributed by atoms with E-state index in [1.165, 1.54) is 0 Å². The Hall–Kier alpha value is -1.86. The molecule has 0 bridgehead atoms. The van der Waals surface area contributed by atoms with Crippen LogP contribution in [-0.2, 0) is 30.6 Å². The average molecular weight is 508 g/mol. The number of nitrogens with zero attached hydrogens (tertiary/aromatic N) is 1. The number of fused-ring (bicyclic) bond motifs is 1. The summed E-state index contributed by atoms with van der Waals surface area (Å²) in [6.45, 7) is 1.36. The summed E-state index contributed by atoms with van der Waals surface area (Å²) in [5.41, 5.74) is -4.15. The van der Waals surface area contributed by atoms with E-state index < -0.39 is 53.2 Å². The number of phosphoric acid groups is 1. The molecule has 11 nitrogen and oxygen atoms in total. The van der Waals surface area contributed by atoms with Gasteiger partial charge >= 0.3 is 13.5 Å². The Morgan fingerprint density at radius 3 is 2.71 bits per heavy atom. The maximum Gasteiger partial charge on any atom is 0.529 e. The second-order valence-corrected chi connectivity index (χ2v) is 9.68. The van der Waals surface area contributed by atoms with E-state index in [2.05, 4.69) is 0 Å². The van der Waals surface area contributed by atoms with Crippen molar-refractivity contribution in [3.63, 3.8) is 0 Å².